The molecular formula is C105H88N8O4. The lowest BCUT2D eigenvalue weighted by molar-refractivity contribution is 0.0248. The summed E-state index contributed by atoms with van der Waals surface area (Å²) in [5, 5.41) is 0. The van der Waals surface area contributed by atoms with Crippen LogP contribution >= 0.6 is 0 Å². The minimum absolute atomic E-state index is 0.253. The van der Waals surface area contributed by atoms with Gasteiger partial charge in [-0.25, -0.2) is 29.5 Å². The van der Waals surface area contributed by atoms with Gasteiger partial charge in [0.2, 0.25) is 0 Å². The number of ether oxygens (including phenoxy) is 2. The van der Waals surface area contributed by atoms with Crippen molar-refractivity contribution in [2.45, 2.75) is 96.7 Å². The predicted molar refractivity (Wildman–Crippen MR) is 482 cm³/mol. The number of fused-ring (bicyclic) bond motifs is 16. The van der Waals surface area contributed by atoms with E-state index in [1.54, 1.807) is 0 Å². The summed E-state index contributed by atoms with van der Waals surface area (Å²) >= 11 is 0. The van der Waals surface area contributed by atoms with Crippen LogP contribution in [0.5, 0.6) is 0 Å². The van der Waals surface area contributed by atoms with E-state index in [1.807, 2.05) is 91.9 Å². The van der Waals surface area contributed by atoms with Gasteiger partial charge in [-0.2, -0.15) is 0 Å². The van der Waals surface area contributed by atoms with E-state index in [4.69, 9.17) is 29.4 Å². The van der Waals surface area contributed by atoms with Crippen LogP contribution in [0.4, 0.5) is 0 Å². The molecule has 6 aromatic heterocycles. The van der Waals surface area contributed by atoms with E-state index in [-0.39, 0.29) is 24.1 Å². The predicted octanol–water partition coefficient (Wildman–Crippen LogP) is 27.0. The van der Waals surface area contributed by atoms with Gasteiger partial charge in [-0.3, -0.25) is 0 Å². The Balaban J connectivity index is 0.590. The highest BCUT2D eigenvalue weighted by Crippen LogP contribution is 2.43. The van der Waals surface area contributed by atoms with E-state index >= 15 is 0 Å². The van der Waals surface area contributed by atoms with Crippen molar-refractivity contribution in [1.29, 1.82) is 0 Å². The Bertz CT molecular complexity index is 6440. The van der Waals surface area contributed by atoms with Crippen molar-refractivity contribution >= 4 is 105 Å². The van der Waals surface area contributed by atoms with Crippen molar-refractivity contribution in [2.75, 3.05) is 0 Å². The molecule has 0 aliphatic carbocycles. The van der Waals surface area contributed by atoms with Crippen molar-refractivity contribution in [1.82, 2.24) is 39.9 Å². The van der Waals surface area contributed by atoms with Crippen molar-refractivity contribution in [2.24, 2.45) is 0 Å². The number of benzene rings is 8. The molecular weight excluding hydrogens is 1440 g/mol. The van der Waals surface area contributed by atoms with Gasteiger partial charge in [0, 0.05) is 88.6 Å². The molecule has 18 rings (SSSR count). The highest BCUT2D eigenvalue weighted by Gasteiger charge is 2.25. The number of rotatable bonds is 24. The Morgan fingerprint density at radius 3 is 0.718 bits per heavy atom. The summed E-state index contributed by atoms with van der Waals surface area (Å²) in [4.78, 5) is 65.9. The number of nitrogens with one attached hydrogen (secondary N) is 4. The normalized spacial score (nSPS) is 12.6. The molecule has 14 aromatic rings. The van der Waals surface area contributed by atoms with Gasteiger partial charge < -0.3 is 29.4 Å². The van der Waals surface area contributed by atoms with Crippen LogP contribution in [0.25, 0.3) is 182 Å². The molecule has 4 N–H and O–H groups in total. The average molecular weight is 1530 g/mol. The molecule has 2 atom stereocenters. The highest BCUT2D eigenvalue weighted by atomic mass is 16.5. The summed E-state index contributed by atoms with van der Waals surface area (Å²) in [6.07, 6.45) is 26.6. The van der Waals surface area contributed by atoms with Crippen molar-refractivity contribution in [3.63, 3.8) is 0 Å². The maximum atomic E-state index is 14.5. The molecule has 12 nitrogen and oxygen atoms in total. The monoisotopic (exact) mass is 1520 g/mol. The molecule has 117 heavy (non-hydrogen) atoms. The fraction of sp³-hybridized carbons (Fsp3) is 0.143. The number of H-pyrrole nitrogens is 4. The number of carbonyl (C=O) groups excluding carboxylic acids is 2. The van der Waals surface area contributed by atoms with Gasteiger partial charge in [-0.1, -0.05) is 245 Å². The van der Waals surface area contributed by atoms with Crippen LogP contribution < -0.4 is 0 Å². The summed E-state index contributed by atoms with van der Waals surface area (Å²) in [6, 6.07) is 95.1. The topological polar surface area (TPSA) is 167 Å². The lowest BCUT2D eigenvalue weighted by atomic mass is 10.0. The van der Waals surface area contributed by atoms with Crippen molar-refractivity contribution in [3.05, 3.63) is 336 Å². The van der Waals surface area contributed by atoms with E-state index in [0.717, 1.165) is 236 Å². The molecule has 4 aliphatic heterocycles. The van der Waals surface area contributed by atoms with Gasteiger partial charge in [-0.15, -0.1) is 0 Å². The maximum Gasteiger partial charge on any atom is 0.338 e. The van der Waals surface area contributed by atoms with E-state index < -0.39 is 0 Å². The third-order valence-electron chi connectivity index (χ3n) is 22.5. The number of hydrogen-bond acceptors (Lipinski definition) is 8. The van der Waals surface area contributed by atoms with Crippen LogP contribution in [-0.2, 0) is 9.47 Å². The van der Waals surface area contributed by atoms with E-state index in [0.29, 0.717) is 17.5 Å². The smallest absolute Gasteiger partial charge is 0.338 e. The molecule has 0 fully saturated rings. The standard InChI is InChI=1S/C105H88N8O4/c1-3-4-5-6-27-42-79(117-105(115)78-50-46-76(47-51-78)103-94-66-62-90(112-94)100(73-38-23-12-24-39-73)86-58-54-82(108-86)97(70-32-17-9-18-33-70)83-55-59-87(109-83)101(74-40-25-13-26-41-74)91-63-67-95(103)113-91)43-28-7-14-29-68(2)116-104(114)77-48-44-75(45-49-77)102-92-64-60-88(110-92)98(71-34-19-10-20-35-71)84-56-52-80(106-84)96(69-30-15-8-16-31-69)81-53-57-85(107-81)99(72-36-21-11-22-37-72)89-61-65-93(102)111-89/h8-13,15-26,30-41,44-68,79,106,108,111,113H,3-7,14,27-29,42-43H2,1-2H3/t68-,79-/m1/s1. The summed E-state index contributed by atoms with van der Waals surface area (Å²) in [6.45, 7) is 4.20. The van der Waals surface area contributed by atoms with Gasteiger partial charge in [-0.05, 0) is 211 Å². The lowest BCUT2D eigenvalue weighted by Crippen LogP contribution is -2.19. The number of nitrogens with zero attached hydrogens (tertiary/aromatic N) is 4. The minimum atomic E-state index is -0.379. The first kappa shape index (κ1) is 74.3. The second-order valence-electron chi connectivity index (χ2n) is 30.4. The molecule has 10 heterocycles. The average Bonchev–Trinajstić information content (AvgIpc) is 1.62. The molecule has 0 saturated carbocycles. The summed E-state index contributed by atoms with van der Waals surface area (Å²) in [5.41, 5.74) is 30.3. The zero-order valence-electron chi connectivity index (χ0n) is 65.5. The van der Waals surface area contributed by atoms with E-state index in [9.17, 15) is 9.59 Å². The zero-order valence-corrected chi connectivity index (χ0v) is 65.5. The molecule has 0 unspecified atom stereocenters. The van der Waals surface area contributed by atoms with Crippen LogP contribution in [0, 0.1) is 0 Å². The van der Waals surface area contributed by atoms with Gasteiger partial charge in [0.05, 0.1) is 62.8 Å². The molecule has 16 bridgehead atoms. The third-order valence-corrected chi connectivity index (χ3v) is 22.5. The first-order chi connectivity index (χ1) is 57.7. The van der Waals surface area contributed by atoms with Crippen LogP contribution in [0.1, 0.15) is 151 Å². The quantitative estimate of drug-likeness (QED) is 0.0343. The Morgan fingerprint density at radius 2 is 0.470 bits per heavy atom. The first-order valence-electron chi connectivity index (χ1n) is 41.0. The molecule has 0 radical (unpaired) electrons. The molecule has 0 saturated heterocycles. The van der Waals surface area contributed by atoms with Crippen molar-refractivity contribution < 1.29 is 19.1 Å². The second kappa shape index (κ2) is 33.9. The van der Waals surface area contributed by atoms with Crippen LogP contribution in [0.15, 0.2) is 279 Å². The third kappa shape index (κ3) is 15.9. The molecule has 4 aliphatic rings. The molecule has 8 aromatic carbocycles. The zero-order chi connectivity index (χ0) is 79.0. The number of hydrogen-bond donors (Lipinski definition) is 4. The number of esters is 2. The molecule has 572 valence electrons. The highest BCUT2D eigenvalue weighted by molar-refractivity contribution is 6.04. The summed E-state index contributed by atoms with van der Waals surface area (Å²) in [5.74, 6) is -0.720. The van der Waals surface area contributed by atoms with Crippen LogP contribution in [-0.4, -0.2) is 64.0 Å². The molecule has 0 spiro atoms. The Morgan fingerprint density at radius 1 is 0.256 bits per heavy atom. The van der Waals surface area contributed by atoms with E-state index in [1.165, 1.54) is 6.42 Å². The SMILES string of the molecule is CCCCCCC[C@H](CCCCC[C@@H](C)OC(=O)c1ccc(-c2c3nc(c(-c4ccccc4)c4ccc([nH]4)c(-c4ccccc4)c4nc(c(-c5ccccc5)c5ccc2[nH]5)C=C4)C=C3)cc1)OC(=O)c1ccc(-c2c3nc(c(-c4ccccc4)c4ccc([nH]4)c(-c4ccccc4)c4nc(c(-c5ccccc5)c5ccc2[nH]5)C=C4)C=C3)cc1. The van der Waals surface area contributed by atoms with Gasteiger partial charge in [0.1, 0.15) is 6.10 Å². The first-order valence-corrected chi connectivity index (χ1v) is 41.0. The van der Waals surface area contributed by atoms with Gasteiger partial charge in [0.25, 0.3) is 0 Å². The van der Waals surface area contributed by atoms with Crippen LogP contribution in [0.3, 0.4) is 0 Å². The fourth-order valence-electron chi connectivity index (χ4n) is 16.8. The minimum Gasteiger partial charge on any atom is -0.459 e. The van der Waals surface area contributed by atoms with E-state index in [2.05, 4.69) is 270 Å². The Hall–Kier alpha value is -14.1. The Labute approximate surface area is 680 Å². The second-order valence-corrected chi connectivity index (χ2v) is 30.4. The number of unbranched alkanes of at least 4 members (excludes halogenated alkanes) is 6. The Kier molecular flexibility index (Phi) is 21.5. The van der Waals surface area contributed by atoms with Crippen molar-refractivity contribution in [3.8, 4) is 89.0 Å². The number of carbonyl (C=O) groups is 2. The summed E-state index contributed by atoms with van der Waals surface area (Å²) in [7, 11) is 0. The number of aromatic nitrogens is 8. The fourth-order valence-corrected chi connectivity index (χ4v) is 16.8. The molecule has 0 amide bonds. The van der Waals surface area contributed by atoms with Gasteiger partial charge >= 0.3 is 11.9 Å². The van der Waals surface area contributed by atoms with Crippen LogP contribution in [0.2, 0.25) is 0 Å². The molecule has 12 heteroatoms. The summed E-state index contributed by atoms with van der Waals surface area (Å²) < 4.78 is 12.7. The van der Waals surface area contributed by atoms with Gasteiger partial charge in [0.15, 0.2) is 0 Å². The number of aromatic amines is 4. The maximum absolute atomic E-state index is 14.5. The largest absolute Gasteiger partial charge is 0.459 e. The lowest BCUT2D eigenvalue weighted by Gasteiger charge is -2.19.